The van der Waals surface area contributed by atoms with E-state index in [9.17, 15) is 4.79 Å². The highest BCUT2D eigenvalue weighted by molar-refractivity contribution is 9.10. The van der Waals surface area contributed by atoms with Crippen LogP contribution in [-0.4, -0.2) is 39.7 Å². The molecule has 8 nitrogen and oxygen atoms in total. The Balaban J connectivity index is 1.32. The molecule has 2 heterocycles. The average Bonchev–Trinajstić information content (AvgIpc) is 3.08. The van der Waals surface area contributed by atoms with Crippen LogP contribution >= 0.6 is 27.7 Å². The van der Waals surface area contributed by atoms with Crippen LogP contribution in [-0.2, 0) is 4.79 Å². The van der Waals surface area contributed by atoms with Gasteiger partial charge in [0.1, 0.15) is 13.2 Å². The highest BCUT2D eigenvalue weighted by Gasteiger charge is 2.15. The van der Waals surface area contributed by atoms with Gasteiger partial charge < -0.3 is 20.6 Å². The molecular weight excluding hydrogens is 458 g/mol. The largest absolute Gasteiger partial charge is 0.486 e. The number of halogens is 1. The molecule has 1 aliphatic rings. The molecule has 0 unspecified atom stereocenters. The number of fused-ring (bicyclic) bond motifs is 1. The van der Waals surface area contributed by atoms with Crippen molar-refractivity contribution < 1.29 is 14.3 Å². The van der Waals surface area contributed by atoms with Crippen molar-refractivity contribution in [2.75, 3.05) is 30.1 Å². The number of carbonyl (C=O) groups is 1. The first-order valence-corrected chi connectivity index (χ1v) is 10.7. The molecule has 0 aliphatic carbocycles. The lowest BCUT2D eigenvalue weighted by atomic mass is 10.2. The second-order valence-corrected chi connectivity index (χ2v) is 8.08. The molecule has 0 saturated carbocycles. The predicted molar refractivity (Wildman–Crippen MR) is 115 cm³/mol. The van der Waals surface area contributed by atoms with Crippen molar-refractivity contribution in [3.8, 4) is 22.9 Å². The minimum atomic E-state index is -0.108. The fourth-order valence-electron chi connectivity index (χ4n) is 2.78. The van der Waals surface area contributed by atoms with Crippen LogP contribution in [0.15, 0.2) is 52.1 Å². The van der Waals surface area contributed by atoms with E-state index >= 15 is 0 Å². The summed E-state index contributed by atoms with van der Waals surface area (Å²) in [6, 6.07) is 13.0. The van der Waals surface area contributed by atoms with E-state index in [1.54, 1.807) is 18.2 Å². The third kappa shape index (κ3) is 4.48. The molecule has 150 valence electrons. The Morgan fingerprint density at radius 1 is 1.17 bits per heavy atom. The number of rotatable bonds is 6. The number of nitrogens with two attached hydrogens (primary N) is 1. The van der Waals surface area contributed by atoms with Crippen molar-refractivity contribution in [2.45, 2.75) is 11.6 Å². The summed E-state index contributed by atoms with van der Waals surface area (Å²) in [5.74, 6) is 8.42. The molecule has 10 heteroatoms. The van der Waals surface area contributed by atoms with Gasteiger partial charge in [-0.25, -0.2) is 4.68 Å². The first-order valence-electron chi connectivity index (χ1n) is 8.89. The number of carbonyl (C=O) groups excluding carboxylic acids is 1. The van der Waals surface area contributed by atoms with Gasteiger partial charge in [0.25, 0.3) is 0 Å². The normalized spacial score (nSPS) is 12.6. The summed E-state index contributed by atoms with van der Waals surface area (Å²) >= 11 is 4.86. The Bertz CT molecular complexity index is 1040. The molecule has 2 aromatic carbocycles. The number of nitrogens with one attached hydrogen (secondary N) is 1. The molecule has 0 spiro atoms. The van der Waals surface area contributed by atoms with Gasteiger partial charge in [-0.2, -0.15) is 0 Å². The summed E-state index contributed by atoms with van der Waals surface area (Å²) < 4.78 is 13.3. The Labute approximate surface area is 179 Å². The second-order valence-electron chi connectivity index (χ2n) is 6.16. The molecular formula is C19H18BrN5O3S. The summed E-state index contributed by atoms with van der Waals surface area (Å²) in [6.07, 6.45) is 0.302. The second kappa shape index (κ2) is 8.75. The molecule has 3 N–H and O–H groups in total. The van der Waals surface area contributed by atoms with Crippen LogP contribution in [0.25, 0.3) is 11.4 Å². The first-order chi connectivity index (χ1) is 14.1. The Hall–Kier alpha value is -2.72. The van der Waals surface area contributed by atoms with E-state index in [1.807, 2.05) is 24.3 Å². The number of hydrogen-bond donors (Lipinski definition) is 2. The van der Waals surface area contributed by atoms with Gasteiger partial charge in [0.2, 0.25) is 11.1 Å². The van der Waals surface area contributed by atoms with Crippen molar-refractivity contribution in [3.05, 3.63) is 46.9 Å². The number of aromatic nitrogens is 3. The number of anilines is 1. The molecule has 0 bridgehead atoms. The molecule has 0 radical (unpaired) electrons. The van der Waals surface area contributed by atoms with Crippen molar-refractivity contribution in [3.63, 3.8) is 0 Å². The topological polar surface area (TPSA) is 104 Å². The zero-order chi connectivity index (χ0) is 20.2. The van der Waals surface area contributed by atoms with E-state index in [-0.39, 0.29) is 5.91 Å². The predicted octanol–water partition coefficient (Wildman–Crippen LogP) is 3.31. The molecule has 4 rings (SSSR count). The summed E-state index contributed by atoms with van der Waals surface area (Å²) in [6.45, 7) is 1.03. The third-order valence-corrected chi connectivity index (χ3v) is 5.80. The third-order valence-electron chi connectivity index (χ3n) is 4.17. The SMILES string of the molecule is Nn1c(SCCC(=O)Nc2ccc3c(c2)OCCO3)nnc1-c1ccccc1Br. The molecule has 0 saturated heterocycles. The summed E-state index contributed by atoms with van der Waals surface area (Å²) in [5.41, 5.74) is 1.52. The summed E-state index contributed by atoms with van der Waals surface area (Å²) in [4.78, 5) is 12.3. The Morgan fingerprint density at radius 2 is 1.97 bits per heavy atom. The van der Waals surface area contributed by atoms with Gasteiger partial charge in [-0.05, 0) is 24.3 Å². The van der Waals surface area contributed by atoms with E-state index in [4.69, 9.17) is 15.3 Å². The van der Waals surface area contributed by atoms with Gasteiger partial charge in [-0.1, -0.05) is 39.8 Å². The summed E-state index contributed by atoms with van der Waals surface area (Å²) in [7, 11) is 0. The van der Waals surface area contributed by atoms with E-state index in [0.29, 0.717) is 53.6 Å². The van der Waals surface area contributed by atoms with Gasteiger partial charge in [0, 0.05) is 34.0 Å². The van der Waals surface area contributed by atoms with E-state index in [0.717, 1.165) is 10.0 Å². The van der Waals surface area contributed by atoms with Gasteiger partial charge >= 0.3 is 0 Å². The number of nitrogen functional groups attached to an aromatic ring is 1. The highest BCUT2D eigenvalue weighted by atomic mass is 79.9. The zero-order valence-electron chi connectivity index (χ0n) is 15.3. The minimum absolute atomic E-state index is 0.108. The smallest absolute Gasteiger partial charge is 0.225 e. The number of nitrogens with zero attached hydrogens (tertiary/aromatic N) is 3. The number of benzene rings is 2. The highest BCUT2D eigenvalue weighted by Crippen LogP contribution is 2.32. The fourth-order valence-corrected chi connectivity index (χ4v) is 4.04. The Morgan fingerprint density at radius 3 is 2.79 bits per heavy atom. The van der Waals surface area contributed by atoms with Crippen LogP contribution in [0.5, 0.6) is 11.5 Å². The lowest BCUT2D eigenvalue weighted by Gasteiger charge is -2.19. The molecule has 29 heavy (non-hydrogen) atoms. The van der Waals surface area contributed by atoms with Crippen molar-refractivity contribution >= 4 is 39.3 Å². The molecule has 1 aromatic heterocycles. The van der Waals surface area contributed by atoms with Gasteiger partial charge in [0.05, 0.1) is 0 Å². The maximum atomic E-state index is 12.3. The molecule has 1 aliphatic heterocycles. The molecule has 0 atom stereocenters. The van der Waals surface area contributed by atoms with Crippen molar-refractivity contribution in [1.29, 1.82) is 0 Å². The maximum absolute atomic E-state index is 12.3. The van der Waals surface area contributed by atoms with E-state index in [1.165, 1.54) is 16.4 Å². The number of hydrogen-bond acceptors (Lipinski definition) is 7. The van der Waals surface area contributed by atoms with Gasteiger partial charge in [-0.3, -0.25) is 4.79 Å². The molecule has 0 fully saturated rings. The fraction of sp³-hybridized carbons (Fsp3) is 0.211. The van der Waals surface area contributed by atoms with Crippen LogP contribution in [0.1, 0.15) is 6.42 Å². The standard InChI is InChI=1S/C19H18BrN5O3S/c20-14-4-2-1-3-13(14)18-23-24-19(25(18)21)29-10-7-17(26)22-12-5-6-15-16(11-12)28-9-8-27-15/h1-6,11H,7-10,21H2,(H,22,26). The van der Waals surface area contributed by atoms with E-state index in [2.05, 4.69) is 31.4 Å². The number of ether oxygens (including phenoxy) is 2. The minimum Gasteiger partial charge on any atom is -0.486 e. The van der Waals surface area contributed by atoms with Crippen LogP contribution < -0.4 is 20.6 Å². The molecule has 1 amide bonds. The Kier molecular flexibility index (Phi) is 5.91. The van der Waals surface area contributed by atoms with Crippen LogP contribution in [0.3, 0.4) is 0 Å². The van der Waals surface area contributed by atoms with Crippen molar-refractivity contribution in [2.24, 2.45) is 0 Å². The first kappa shape index (κ1) is 19.6. The average molecular weight is 476 g/mol. The van der Waals surface area contributed by atoms with Crippen LogP contribution in [0, 0.1) is 0 Å². The van der Waals surface area contributed by atoms with Crippen LogP contribution in [0.4, 0.5) is 5.69 Å². The van der Waals surface area contributed by atoms with Gasteiger partial charge in [-0.15, -0.1) is 10.2 Å². The lowest BCUT2D eigenvalue weighted by molar-refractivity contribution is -0.115. The quantitative estimate of drug-likeness (QED) is 0.416. The number of amides is 1. The zero-order valence-corrected chi connectivity index (χ0v) is 17.7. The monoisotopic (exact) mass is 475 g/mol. The number of thioether (sulfide) groups is 1. The summed E-state index contributed by atoms with van der Waals surface area (Å²) in [5, 5.41) is 11.7. The van der Waals surface area contributed by atoms with Crippen molar-refractivity contribution in [1.82, 2.24) is 14.9 Å². The van der Waals surface area contributed by atoms with E-state index < -0.39 is 0 Å². The van der Waals surface area contributed by atoms with Crippen LogP contribution in [0.2, 0.25) is 0 Å². The maximum Gasteiger partial charge on any atom is 0.225 e. The molecule has 3 aromatic rings. The van der Waals surface area contributed by atoms with Gasteiger partial charge in [0.15, 0.2) is 17.3 Å². The lowest BCUT2D eigenvalue weighted by Crippen LogP contribution is -2.16.